The third-order valence-electron chi connectivity index (χ3n) is 2.48. The average molecular weight is 183 g/mol. The van der Waals surface area contributed by atoms with Crippen LogP contribution in [-0.4, -0.2) is 11.4 Å². The maximum absolute atomic E-state index is 13.2. The Morgan fingerprint density at radius 1 is 1.31 bits per heavy atom. The summed E-state index contributed by atoms with van der Waals surface area (Å²) in [5, 5.41) is 0. The van der Waals surface area contributed by atoms with Crippen LogP contribution in [0.2, 0.25) is 0 Å². The largest absolute Gasteiger partial charge is 0.295 e. The minimum absolute atomic E-state index is 0.411. The summed E-state index contributed by atoms with van der Waals surface area (Å²) in [5.41, 5.74) is 1.45. The lowest BCUT2D eigenvalue weighted by Gasteiger charge is -2.09. The highest BCUT2D eigenvalue weighted by molar-refractivity contribution is 5.32. The van der Waals surface area contributed by atoms with E-state index in [1.165, 1.54) is 6.07 Å². The Labute approximate surface area is 76.0 Å². The molecule has 1 aromatic rings. The van der Waals surface area contributed by atoms with Gasteiger partial charge in [-0.3, -0.25) is 4.90 Å². The summed E-state index contributed by atoms with van der Waals surface area (Å²) in [6.07, 6.45) is 0. The van der Waals surface area contributed by atoms with E-state index >= 15 is 0 Å². The summed E-state index contributed by atoms with van der Waals surface area (Å²) >= 11 is 0. The molecule has 1 aliphatic heterocycles. The number of fused-ring (bicyclic) bond motifs is 1. The van der Waals surface area contributed by atoms with Crippen LogP contribution >= 0.6 is 0 Å². The van der Waals surface area contributed by atoms with Gasteiger partial charge in [0.2, 0.25) is 0 Å². The third kappa shape index (κ3) is 1.44. The van der Waals surface area contributed by atoms with Crippen molar-refractivity contribution in [2.45, 2.75) is 20.0 Å². The highest BCUT2D eigenvalue weighted by Gasteiger charge is 2.21. The van der Waals surface area contributed by atoms with Crippen LogP contribution in [0.3, 0.4) is 0 Å². The van der Waals surface area contributed by atoms with Crippen molar-refractivity contribution < 1.29 is 8.78 Å². The summed E-state index contributed by atoms with van der Waals surface area (Å²) < 4.78 is 26.0. The molecule has 0 saturated carbocycles. The van der Waals surface area contributed by atoms with Crippen LogP contribution < -0.4 is 0 Å². The Balaban J connectivity index is 2.40. The minimum atomic E-state index is -0.478. The SMILES string of the molecule is CCN1Cc2cc(F)cc(F)c2C1. The molecule has 0 spiro atoms. The first-order valence-electron chi connectivity index (χ1n) is 4.40. The quantitative estimate of drug-likeness (QED) is 0.645. The van der Waals surface area contributed by atoms with E-state index in [2.05, 4.69) is 4.90 Å². The second kappa shape index (κ2) is 3.07. The number of halogens is 2. The van der Waals surface area contributed by atoms with Gasteiger partial charge in [0.25, 0.3) is 0 Å². The van der Waals surface area contributed by atoms with Gasteiger partial charge < -0.3 is 0 Å². The number of hydrogen-bond acceptors (Lipinski definition) is 1. The number of nitrogens with zero attached hydrogens (tertiary/aromatic N) is 1. The molecule has 0 radical (unpaired) electrons. The van der Waals surface area contributed by atoms with Gasteiger partial charge in [-0.1, -0.05) is 6.92 Å². The fourth-order valence-corrected chi connectivity index (χ4v) is 1.72. The first-order chi connectivity index (χ1) is 6.20. The molecule has 13 heavy (non-hydrogen) atoms. The van der Waals surface area contributed by atoms with Crippen molar-refractivity contribution in [2.75, 3.05) is 6.54 Å². The Morgan fingerprint density at radius 3 is 2.77 bits per heavy atom. The van der Waals surface area contributed by atoms with Gasteiger partial charge in [0.05, 0.1) is 0 Å². The fraction of sp³-hybridized carbons (Fsp3) is 0.400. The molecule has 2 rings (SSSR count). The highest BCUT2D eigenvalue weighted by Crippen LogP contribution is 2.25. The lowest BCUT2D eigenvalue weighted by molar-refractivity contribution is 0.298. The van der Waals surface area contributed by atoms with Crippen molar-refractivity contribution in [3.63, 3.8) is 0 Å². The lowest BCUT2D eigenvalue weighted by Crippen LogP contribution is -2.14. The molecule has 0 saturated heterocycles. The molecule has 0 aromatic heterocycles. The van der Waals surface area contributed by atoms with E-state index in [1.807, 2.05) is 6.92 Å². The second-order valence-electron chi connectivity index (χ2n) is 3.33. The van der Waals surface area contributed by atoms with Gasteiger partial charge in [0.15, 0.2) is 0 Å². The second-order valence-corrected chi connectivity index (χ2v) is 3.33. The Kier molecular flexibility index (Phi) is 2.04. The molecular formula is C10H11F2N. The zero-order valence-electron chi connectivity index (χ0n) is 7.48. The van der Waals surface area contributed by atoms with E-state index in [4.69, 9.17) is 0 Å². The predicted octanol–water partition coefficient (Wildman–Crippen LogP) is 2.30. The van der Waals surface area contributed by atoms with Gasteiger partial charge in [-0.15, -0.1) is 0 Å². The molecule has 0 atom stereocenters. The Morgan fingerprint density at radius 2 is 2.08 bits per heavy atom. The molecule has 0 aliphatic carbocycles. The molecule has 0 N–H and O–H groups in total. The molecule has 0 unspecified atom stereocenters. The number of benzene rings is 1. The van der Waals surface area contributed by atoms with Gasteiger partial charge in [-0.25, -0.2) is 8.78 Å². The standard InChI is InChI=1S/C10H11F2N/c1-2-13-5-7-3-8(11)4-10(12)9(7)6-13/h3-4H,2,5-6H2,1H3. The maximum atomic E-state index is 13.2. The fourth-order valence-electron chi connectivity index (χ4n) is 1.72. The van der Waals surface area contributed by atoms with Crippen molar-refractivity contribution in [3.05, 3.63) is 34.9 Å². The summed E-state index contributed by atoms with van der Waals surface area (Å²) in [4.78, 5) is 2.08. The van der Waals surface area contributed by atoms with Crippen LogP contribution in [0.5, 0.6) is 0 Å². The van der Waals surface area contributed by atoms with Gasteiger partial charge in [-0.05, 0) is 18.2 Å². The zero-order chi connectivity index (χ0) is 9.42. The number of rotatable bonds is 1. The maximum Gasteiger partial charge on any atom is 0.130 e. The van der Waals surface area contributed by atoms with Crippen molar-refractivity contribution in [1.82, 2.24) is 4.90 Å². The van der Waals surface area contributed by atoms with Gasteiger partial charge in [0.1, 0.15) is 11.6 Å². The van der Waals surface area contributed by atoms with Gasteiger partial charge >= 0.3 is 0 Å². The Hall–Kier alpha value is -0.960. The first-order valence-corrected chi connectivity index (χ1v) is 4.40. The number of hydrogen-bond donors (Lipinski definition) is 0. The topological polar surface area (TPSA) is 3.24 Å². The summed E-state index contributed by atoms with van der Waals surface area (Å²) in [5.74, 6) is -0.889. The van der Waals surface area contributed by atoms with Crippen molar-refractivity contribution in [1.29, 1.82) is 0 Å². The molecule has 0 bridgehead atoms. The normalized spacial score (nSPS) is 16.2. The van der Waals surface area contributed by atoms with Crippen LogP contribution in [0.25, 0.3) is 0 Å². The first kappa shape index (κ1) is 8.63. The average Bonchev–Trinajstić information content (AvgIpc) is 2.47. The molecular weight excluding hydrogens is 172 g/mol. The molecule has 1 aliphatic rings. The molecule has 70 valence electrons. The molecule has 3 heteroatoms. The summed E-state index contributed by atoms with van der Waals surface area (Å²) in [6.45, 7) is 4.16. The van der Waals surface area contributed by atoms with E-state index in [9.17, 15) is 8.78 Å². The predicted molar refractivity (Wildman–Crippen MR) is 46.1 cm³/mol. The van der Waals surface area contributed by atoms with Crippen LogP contribution in [0.1, 0.15) is 18.1 Å². The van der Waals surface area contributed by atoms with Gasteiger partial charge in [0, 0.05) is 24.7 Å². The smallest absolute Gasteiger partial charge is 0.130 e. The van der Waals surface area contributed by atoms with E-state index in [0.29, 0.717) is 18.7 Å². The van der Waals surface area contributed by atoms with E-state index in [0.717, 1.165) is 18.2 Å². The molecule has 0 fully saturated rings. The van der Waals surface area contributed by atoms with Crippen molar-refractivity contribution in [3.8, 4) is 0 Å². The van der Waals surface area contributed by atoms with E-state index < -0.39 is 11.6 Å². The zero-order valence-corrected chi connectivity index (χ0v) is 7.48. The molecule has 1 nitrogen and oxygen atoms in total. The highest BCUT2D eigenvalue weighted by atomic mass is 19.1. The molecule has 1 aromatic carbocycles. The van der Waals surface area contributed by atoms with Crippen LogP contribution in [-0.2, 0) is 13.1 Å². The van der Waals surface area contributed by atoms with E-state index in [-0.39, 0.29) is 0 Å². The van der Waals surface area contributed by atoms with Crippen LogP contribution in [0.4, 0.5) is 8.78 Å². The monoisotopic (exact) mass is 183 g/mol. The Bertz CT molecular complexity index is 336. The van der Waals surface area contributed by atoms with Crippen LogP contribution in [0, 0.1) is 11.6 Å². The molecule has 0 amide bonds. The minimum Gasteiger partial charge on any atom is -0.295 e. The summed E-state index contributed by atoms with van der Waals surface area (Å²) in [6, 6.07) is 2.38. The van der Waals surface area contributed by atoms with Crippen molar-refractivity contribution in [2.24, 2.45) is 0 Å². The third-order valence-corrected chi connectivity index (χ3v) is 2.48. The lowest BCUT2D eigenvalue weighted by atomic mass is 10.1. The van der Waals surface area contributed by atoms with E-state index in [1.54, 1.807) is 0 Å². The van der Waals surface area contributed by atoms with Crippen molar-refractivity contribution >= 4 is 0 Å². The van der Waals surface area contributed by atoms with Gasteiger partial charge in [-0.2, -0.15) is 0 Å². The molecule has 1 heterocycles. The van der Waals surface area contributed by atoms with Crippen LogP contribution in [0.15, 0.2) is 12.1 Å². The summed E-state index contributed by atoms with van der Waals surface area (Å²) in [7, 11) is 0.